The van der Waals surface area contributed by atoms with Gasteiger partial charge in [-0.25, -0.2) is 0 Å². The molecule has 9 heteroatoms. The first kappa shape index (κ1) is 19.9. The van der Waals surface area contributed by atoms with Gasteiger partial charge in [-0.15, -0.1) is 11.3 Å². The number of amides is 3. The van der Waals surface area contributed by atoms with Crippen molar-refractivity contribution in [2.45, 2.75) is 32.1 Å². The molecule has 29 heavy (non-hydrogen) atoms. The number of benzene rings is 1. The van der Waals surface area contributed by atoms with Crippen molar-refractivity contribution in [2.24, 2.45) is 0 Å². The maximum absolute atomic E-state index is 12.4. The molecule has 0 atom stereocenters. The molecule has 1 aliphatic carbocycles. The summed E-state index contributed by atoms with van der Waals surface area (Å²) in [5.74, 6) is -0.617. The van der Waals surface area contributed by atoms with Gasteiger partial charge in [0.25, 0.3) is 17.7 Å². The lowest BCUT2D eigenvalue weighted by Gasteiger charge is -2.28. The summed E-state index contributed by atoms with van der Waals surface area (Å²) in [4.78, 5) is 40.2. The molecular weight excluding hydrogens is 458 g/mol. The van der Waals surface area contributed by atoms with E-state index in [0.29, 0.717) is 16.3 Å². The molecule has 0 radical (unpaired) electrons. The minimum atomic E-state index is -0.486. The van der Waals surface area contributed by atoms with E-state index in [1.807, 2.05) is 6.07 Å². The van der Waals surface area contributed by atoms with Gasteiger partial charge in [0.1, 0.15) is 12.3 Å². The van der Waals surface area contributed by atoms with Crippen molar-refractivity contribution >= 4 is 50.7 Å². The van der Waals surface area contributed by atoms with E-state index in [2.05, 4.69) is 26.8 Å². The van der Waals surface area contributed by atoms with E-state index >= 15 is 0 Å². The molecule has 2 aromatic rings. The van der Waals surface area contributed by atoms with E-state index in [4.69, 9.17) is 4.74 Å². The molecule has 0 spiro atoms. The van der Waals surface area contributed by atoms with Gasteiger partial charge in [0.2, 0.25) is 0 Å². The molecule has 4 rings (SSSR count). The van der Waals surface area contributed by atoms with Gasteiger partial charge in [0.15, 0.2) is 6.61 Å². The average molecular weight is 478 g/mol. The van der Waals surface area contributed by atoms with Crippen LogP contribution in [0, 0.1) is 0 Å². The van der Waals surface area contributed by atoms with Gasteiger partial charge in [-0.3, -0.25) is 30.1 Å². The van der Waals surface area contributed by atoms with Gasteiger partial charge in [-0.05, 0) is 55.5 Å². The number of hydrazine groups is 1. The molecule has 2 heterocycles. The number of fused-ring (bicyclic) bond motifs is 2. The quantitative estimate of drug-likeness (QED) is 0.525. The Labute approximate surface area is 180 Å². The molecule has 3 amide bonds. The zero-order chi connectivity index (χ0) is 20.4. The van der Waals surface area contributed by atoms with Gasteiger partial charge in [0, 0.05) is 9.35 Å². The van der Waals surface area contributed by atoms with Crippen molar-refractivity contribution in [2.75, 3.05) is 18.1 Å². The molecule has 0 fully saturated rings. The third-order valence-corrected chi connectivity index (χ3v) is 6.68. The number of aryl methyl sites for hydroxylation is 2. The third kappa shape index (κ3) is 4.45. The number of hydrogen-bond donors (Lipinski definition) is 2. The highest BCUT2D eigenvalue weighted by Gasteiger charge is 2.27. The Morgan fingerprint density at radius 2 is 1.97 bits per heavy atom. The van der Waals surface area contributed by atoms with Crippen LogP contribution in [0.2, 0.25) is 0 Å². The monoisotopic (exact) mass is 477 g/mol. The number of anilines is 1. The number of nitrogens with one attached hydrogen (secondary N) is 2. The summed E-state index contributed by atoms with van der Waals surface area (Å²) >= 11 is 4.84. The van der Waals surface area contributed by atoms with E-state index in [1.165, 1.54) is 33.1 Å². The summed E-state index contributed by atoms with van der Waals surface area (Å²) in [5.41, 5.74) is 6.63. The summed E-state index contributed by atoms with van der Waals surface area (Å²) in [6.45, 7) is -0.345. The highest BCUT2D eigenvalue weighted by Crippen LogP contribution is 2.34. The summed E-state index contributed by atoms with van der Waals surface area (Å²) in [6.07, 6.45) is 5.53. The molecule has 1 aliphatic heterocycles. The second-order valence-corrected chi connectivity index (χ2v) is 9.06. The Bertz CT molecular complexity index is 951. The Kier molecular flexibility index (Phi) is 5.86. The van der Waals surface area contributed by atoms with Crippen LogP contribution >= 0.6 is 27.3 Å². The van der Waals surface area contributed by atoms with Gasteiger partial charge in [0.05, 0.1) is 10.6 Å². The minimum Gasteiger partial charge on any atom is -0.482 e. The van der Waals surface area contributed by atoms with E-state index < -0.39 is 5.91 Å². The molecular formula is C20H20BrN3O4S. The minimum absolute atomic E-state index is 0.135. The molecule has 7 nitrogen and oxygen atoms in total. The number of carbonyl (C=O) groups excluding carboxylic acids is 3. The Hall–Kier alpha value is -2.39. The van der Waals surface area contributed by atoms with Crippen LogP contribution in [0.3, 0.4) is 0 Å². The lowest BCUT2D eigenvalue weighted by Crippen LogP contribution is -2.49. The van der Waals surface area contributed by atoms with Crippen LogP contribution in [0.1, 0.15) is 39.4 Å². The summed E-state index contributed by atoms with van der Waals surface area (Å²) in [7, 11) is 0. The Morgan fingerprint density at radius 3 is 2.83 bits per heavy atom. The number of rotatable bonds is 3. The van der Waals surface area contributed by atoms with Gasteiger partial charge in [-0.1, -0.05) is 22.4 Å². The van der Waals surface area contributed by atoms with Crippen molar-refractivity contribution < 1.29 is 19.1 Å². The van der Waals surface area contributed by atoms with E-state index in [1.54, 1.807) is 18.2 Å². The highest BCUT2D eigenvalue weighted by atomic mass is 79.9. The van der Waals surface area contributed by atoms with Crippen LogP contribution in [-0.2, 0) is 22.4 Å². The number of hydrogen-bond acceptors (Lipinski definition) is 5. The number of halogens is 1. The van der Waals surface area contributed by atoms with Gasteiger partial charge < -0.3 is 4.74 Å². The standard InChI is InChI=1S/C20H20BrN3O4S/c21-13-6-7-14-15(9-13)28-11-19(26)24(14)10-18(25)22-23-20(27)17-8-12-4-2-1-3-5-16(12)29-17/h6-9H,1-5,10-11H2,(H,22,25)(H,23,27). The first-order chi connectivity index (χ1) is 14.0. The molecule has 0 saturated heterocycles. The van der Waals surface area contributed by atoms with Crippen LogP contribution < -0.4 is 20.5 Å². The topological polar surface area (TPSA) is 87.7 Å². The fourth-order valence-electron chi connectivity index (χ4n) is 3.50. The van der Waals surface area contributed by atoms with E-state index in [-0.39, 0.29) is 25.0 Å². The number of carbonyl (C=O) groups is 3. The predicted molar refractivity (Wildman–Crippen MR) is 113 cm³/mol. The molecule has 0 saturated carbocycles. The molecule has 152 valence electrons. The maximum Gasteiger partial charge on any atom is 0.279 e. The zero-order valence-corrected chi connectivity index (χ0v) is 18.0. The second kappa shape index (κ2) is 8.54. The van der Waals surface area contributed by atoms with Crippen molar-refractivity contribution in [3.63, 3.8) is 0 Å². The second-order valence-electron chi connectivity index (χ2n) is 7.00. The van der Waals surface area contributed by atoms with Crippen LogP contribution in [0.15, 0.2) is 28.7 Å². The lowest BCUT2D eigenvalue weighted by atomic mass is 10.1. The summed E-state index contributed by atoms with van der Waals surface area (Å²) in [6, 6.07) is 7.15. The number of thiophene rings is 1. The number of nitrogens with zero attached hydrogens (tertiary/aromatic N) is 1. The molecule has 1 aromatic heterocycles. The first-order valence-electron chi connectivity index (χ1n) is 9.45. The summed E-state index contributed by atoms with van der Waals surface area (Å²) < 4.78 is 6.23. The van der Waals surface area contributed by atoms with Crippen molar-refractivity contribution in [3.05, 3.63) is 44.1 Å². The first-order valence-corrected chi connectivity index (χ1v) is 11.1. The van der Waals surface area contributed by atoms with E-state index in [9.17, 15) is 14.4 Å². The molecule has 2 N–H and O–H groups in total. The van der Waals surface area contributed by atoms with Crippen molar-refractivity contribution in [1.82, 2.24) is 10.9 Å². The Morgan fingerprint density at radius 1 is 1.14 bits per heavy atom. The molecule has 0 unspecified atom stereocenters. The molecule has 2 aliphatic rings. The normalized spacial score (nSPS) is 15.6. The predicted octanol–water partition coefficient (Wildman–Crippen LogP) is 2.97. The largest absolute Gasteiger partial charge is 0.482 e. The maximum atomic E-state index is 12.4. The van der Waals surface area contributed by atoms with Crippen LogP contribution in [0.5, 0.6) is 5.75 Å². The molecule has 0 bridgehead atoms. The van der Waals surface area contributed by atoms with Crippen LogP contribution in [0.25, 0.3) is 0 Å². The van der Waals surface area contributed by atoms with Crippen molar-refractivity contribution in [3.8, 4) is 5.75 Å². The fraction of sp³-hybridized carbons (Fsp3) is 0.350. The van der Waals surface area contributed by atoms with Gasteiger partial charge >= 0.3 is 0 Å². The summed E-state index contributed by atoms with van der Waals surface area (Å²) in [5, 5.41) is 0. The Balaban J connectivity index is 1.37. The van der Waals surface area contributed by atoms with E-state index in [0.717, 1.165) is 30.2 Å². The average Bonchev–Trinajstić information content (AvgIpc) is 2.99. The molecule has 1 aromatic carbocycles. The third-order valence-electron chi connectivity index (χ3n) is 4.95. The van der Waals surface area contributed by atoms with Crippen molar-refractivity contribution in [1.29, 1.82) is 0 Å². The smallest absolute Gasteiger partial charge is 0.279 e. The van der Waals surface area contributed by atoms with Crippen LogP contribution in [0.4, 0.5) is 5.69 Å². The zero-order valence-electron chi connectivity index (χ0n) is 15.6. The van der Waals surface area contributed by atoms with Crippen LogP contribution in [-0.4, -0.2) is 30.9 Å². The fourth-order valence-corrected chi connectivity index (χ4v) is 4.99. The van der Waals surface area contributed by atoms with Gasteiger partial charge in [-0.2, -0.15) is 0 Å². The SMILES string of the molecule is O=C(CN1C(=O)COc2cc(Br)ccc21)NNC(=O)c1cc2c(s1)CCCCC2. The highest BCUT2D eigenvalue weighted by molar-refractivity contribution is 9.10. The lowest BCUT2D eigenvalue weighted by molar-refractivity contribution is -0.125. The number of ether oxygens (including phenoxy) is 1.